The number of thioether (sulfide) groups is 1. The van der Waals surface area contributed by atoms with Crippen molar-refractivity contribution in [1.29, 1.82) is 0 Å². The molecular formula is C14H14N4OS2. The van der Waals surface area contributed by atoms with Crippen molar-refractivity contribution in [3.8, 4) is 0 Å². The minimum Gasteiger partial charge on any atom is -0.425 e. The highest BCUT2D eigenvalue weighted by Gasteiger charge is 2.20. The Morgan fingerprint density at radius 2 is 2.14 bits per heavy atom. The maximum Gasteiger partial charge on any atom is 0.226 e. The Morgan fingerprint density at radius 1 is 1.24 bits per heavy atom. The number of nitrogens with zero attached hydrogens (tertiary/aromatic N) is 4. The monoisotopic (exact) mass is 318 g/mol. The third-order valence-corrected chi connectivity index (χ3v) is 5.79. The van der Waals surface area contributed by atoms with E-state index in [0.29, 0.717) is 17.5 Å². The van der Waals surface area contributed by atoms with Gasteiger partial charge in [-0.2, -0.15) is 0 Å². The fourth-order valence-corrected chi connectivity index (χ4v) is 4.85. The molecule has 0 unspecified atom stereocenters. The van der Waals surface area contributed by atoms with Crippen LogP contribution in [0.4, 0.5) is 0 Å². The highest BCUT2D eigenvalue weighted by molar-refractivity contribution is 7.98. The molecule has 1 aliphatic carbocycles. The molecule has 3 aromatic rings. The van der Waals surface area contributed by atoms with E-state index in [1.54, 1.807) is 25.0 Å². The second-order valence-electron chi connectivity index (χ2n) is 5.07. The van der Waals surface area contributed by atoms with Gasteiger partial charge in [-0.25, -0.2) is 9.97 Å². The third-order valence-electron chi connectivity index (χ3n) is 3.62. The van der Waals surface area contributed by atoms with E-state index in [4.69, 9.17) is 4.42 Å². The predicted octanol–water partition coefficient (Wildman–Crippen LogP) is 3.55. The van der Waals surface area contributed by atoms with Crippen LogP contribution in [0.3, 0.4) is 0 Å². The van der Waals surface area contributed by atoms with Gasteiger partial charge in [0.2, 0.25) is 11.8 Å². The maximum atomic E-state index is 5.43. The van der Waals surface area contributed by atoms with Gasteiger partial charge in [0.25, 0.3) is 0 Å². The highest BCUT2D eigenvalue weighted by Crippen LogP contribution is 2.39. The lowest BCUT2D eigenvalue weighted by atomic mass is 9.97. The first-order chi connectivity index (χ1) is 10.3. The molecule has 0 spiro atoms. The van der Waals surface area contributed by atoms with Crippen LogP contribution in [-0.4, -0.2) is 20.2 Å². The largest absolute Gasteiger partial charge is 0.425 e. The van der Waals surface area contributed by atoms with Gasteiger partial charge in [-0.15, -0.1) is 21.5 Å². The Hall–Kier alpha value is -1.47. The zero-order valence-corrected chi connectivity index (χ0v) is 13.3. The molecule has 3 heterocycles. The molecule has 0 aliphatic heterocycles. The van der Waals surface area contributed by atoms with Crippen LogP contribution in [-0.2, 0) is 18.6 Å². The van der Waals surface area contributed by atoms with Crippen LogP contribution >= 0.6 is 23.1 Å². The lowest BCUT2D eigenvalue weighted by Gasteiger charge is -2.11. The average Bonchev–Trinajstić information content (AvgIpc) is 3.08. The summed E-state index contributed by atoms with van der Waals surface area (Å²) in [5.74, 6) is 1.90. The molecule has 108 valence electrons. The standard InChI is InChI=1S/C14H14N4OS2/c1-8-17-18-11(19-8)6-20-13-12-9-4-2-3-5-10(9)21-14(12)16-7-15-13/h7H,2-6H2,1H3. The number of aryl methyl sites for hydroxylation is 3. The van der Waals surface area contributed by atoms with Gasteiger partial charge >= 0.3 is 0 Å². The van der Waals surface area contributed by atoms with Gasteiger partial charge in [0, 0.05) is 17.2 Å². The molecule has 0 atom stereocenters. The highest BCUT2D eigenvalue weighted by atomic mass is 32.2. The maximum absolute atomic E-state index is 5.43. The minimum absolute atomic E-state index is 0.603. The van der Waals surface area contributed by atoms with E-state index in [2.05, 4.69) is 20.2 Å². The van der Waals surface area contributed by atoms with Crippen molar-refractivity contribution in [3.05, 3.63) is 28.5 Å². The topological polar surface area (TPSA) is 64.7 Å². The zero-order valence-electron chi connectivity index (χ0n) is 11.6. The van der Waals surface area contributed by atoms with Crippen LogP contribution in [0.25, 0.3) is 10.2 Å². The molecule has 0 radical (unpaired) electrons. The van der Waals surface area contributed by atoms with Crippen molar-refractivity contribution >= 4 is 33.3 Å². The van der Waals surface area contributed by atoms with Crippen LogP contribution < -0.4 is 0 Å². The Morgan fingerprint density at radius 3 is 3.00 bits per heavy atom. The van der Waals surface area contributed by atoms with Crippen LogP contribution in [0.5, 0.6) is 0 Å². The van der Waals surface area contributed by atoms with Gasteiger partial charge in [0.15, 0.2) is 0 Å². The van der Waals surface area contributed by atoms with E-state index in [9.17, 15) is 0 Å². The minimum atomic E-state index is 0.603. The van der Waals surface area contributed by atoms with Crippen molar-refractivity contribution in [3.63, 3.8) is 0 Å². The van der Waals surface area contributed by atoms with Gasteiger partial charge in [0.1, 0.15) is 16.2 Å². The Balaban J connectivity index is 1.69. The Bertz CT molecular complexity index is 795. The fraction of sp³-hybridized carbons (Fsp3) is 0.429. The van der Waals surface area contributed by atoms with Crippen molar-refractivity contribution in [2.75, 3.05) is 0 Å². The summed E-state index contributed by atoms with van der Waals surface area (Å²) in [4.78, 5) is 11.5. The molecule has 3 aromatic heterocycles. The summed E-state index contributed by atoms with van der Waals surface area (Å²) in [6.45, 7) is 1.80. The summed E-state index contributed by atoms with van der Waals surface area (Å²) in [5.41, 5.74) is 1.46. The number of thiophene rings is 1. The van der Waals surface area contributed by atoms with Crippen molar-refractivity contribution in [2.45, 2.75) is 43.4 Å². The molecule has 0 saturated carbocycles. The SMILES string of the molecule is Cc1nnc(CSc2ncnc3sc4c(c23)CCCC4)o1. The average molecular weight is 318 g/mol. The molecule has 0 fully saturated rings. The fourth-order valence-electron chi connectivity index (χ4n) is 2.70. The number of hydrogen-bond donors (Lipinski definition) is 0. The molecule has 7 heteroatoms. The second-order valence-corrected chi connectivity index (χ2v) is 7.12. The summed E-state index contributed by atoms with van der Waals surface area (Å²) in [6.07, 6.45) is 6.54. The van der Waals surface area contributed by atoms with Crippen LogP contribution in [0.2, 0.25) is 0 Å². The van der Waals surface area contributed by atoms with Gasteiger partial charge in [-0.05, 0) is 31.2 Å². The molecule has 1 aliphatic rings. The summed E-state index contributed by atoms with van der Waals surface area (Å²) in [5, 5.41) is 10.2. The number of rotatable bonds is 3. The molecule has 4 rings (SSSR count). The molecule has 21 heavy (non-hydrogen) atoms. The van der Waals surface area contributed by atoms with Crippen molar-refractivity contribution < 1.29 is 4.42 Å². The van der Waals surface area contributed by atoms with Crippen LogP contribution in [0.15, 0.2) is 15.8 Å². The number of fused-ring (bicyclic) bond motifs is 3. The second kappa shape index (κ2) is 5.38. The quantitative estimate of drug-likeness (QED) is 0.543. The van der Waals surface area contributed by atoms with Gasteiger partial charge in [0.05, 0.1) is 5.75 Å². The summed E-state index contributed by atoms with van der Waals surface area (Å²) in [7, 11) is 0. The normalized spacial score (nSPS) is 14.5. The predicted molar refractivity (Wildman–Crippen MR) is 82.7 cm³/mol. The van der Waals surface area contributed by atoms with E-state index >= 15 is 0 Å². The van der Waals surface area contributed by atoms with E-state index < -0.39 is 0 Å². The Kier molecular flexibility index (Phi) is 3.39. The first-order valence-electron chi connectivity index (χ1n) is 6.98. The van der Waals surface area contributed by atoms with Gasteiger partial charge in [-0.1, -0.05) is 11.8 Å². The first-order valence-corrected chi connectivity index (χ1v) is 8.78. The summed E-state index contributed by atoms with van der Waals surface area (Å²) < 4.78 is 5.43. The van der Waals surface area contributed by atoms with Crippen molar-refractivity contribution in [2.24, 2.45) is 0 Å². The van der Waals surface area contributed by atoms with E-state index in [1.165, 1.54) is 35.1 Å². The first kappa shape index (κ1) is 13.2. The van der Waals surface area contributed by atoms with Crippen LogP contribution in [0, 0.1) is 6.92 Å². The molecule has 0 saturated heterocycles. The molecule has 5 nitrogen and oxygen atoms in total. The lowest BCUT2D eigenvalue weighted by Crippen LogP contribution is -1.99. The lowest BCUT2D eigenvalue weighted by molar-refractivity contribution is 0.485. The van der Waals surface area contributed by atoms with E-state index in [0.717, 1.165) is 16.3 Å². The van der Waals surface area contributed by atoms with Crippen molar-refractivity contribution in [1.82, 2.24) is 20.2 Å². The van der Waals surface area contributed by atoms with Crippen LogP contribution in [0.1, 0.15) is 35.1 Å². The zero-order chi connectivity index (χ0) is 14.2. The number of hydrogen-bond acceptors (Lipinski definition) is 7. The Labute approximate surface area is 130 Å². The summed E-state index contributed by atoms with van der Waals surface area (Å²) >= 11 is 3.48. The molecule has 0 aromatic carbocycles. The molecule has 0 bridgehead atoms. The number of aromatic nitrogens is 4. The molecule has 0 amide bonds. The smallest absolute Gasteiger partial charge is 0.226 e. The van der Waals surface area contributed by atoms with Gasteiger partial charge in [-0.3, -0.25) is 0 Å². The van der Waals surface area contributed by atoms with E-state index in [-0.39, 0.29) is 0 Å². The van der Waals surface area contributed by atoms with E-state index in [1.807, 2.05) is 11.3 Å². The molecule has 0 N–H and O–H groups in total. The van der Waals surface area contributed by atoms with Gasteiger partial charge < -0.3 is 4.42 Å². The molecular weight excluding hydrogens is 304 g/mol. The third kappa shape index (κ3) is 2.44. The summed E-state index contributed by atoms with van der Waals surface area (Å²) in [6, 6.07) is 0.